The molecule has 0 radical (unpaired) electrons. The van der Waals surface area contributed by atoms with Crippen molar-refractivity contribution < 1.29 is 9.90 Å². The average molecular weight is 339 g/mol. The molecule has 23 heavy (non-hydrogen) atoms. The Kier molecular flexibility index (Phi) is 6.54. The van der Waals surface area contributed by atoms with Crippen molar-refractivity contribution in [1.82, 2.24) is 5.43 Å². The van der Waals surface area contributed by atoms with Gasteiger partial charge in [-0.3, -0.25) is 10.2 Å². The summed E-state index contributed by atoms with van der Waals surface area (Å²) < 4.78 is 0. The first-order valence-electron chi connectivity index (χ1n) is 7.91. The van der Waals surface area contributed by atoms with Gasteiger partial charge in [0.15, 0.2) is 0 Å². The van der Waals surface area contributed by atoms with E-state index < -0.39 is 0 Å². The van der Waals surface area contributed by atoms with Crippen molar-refractivity contribution in [1.29, 1.82) is 0 Å². The predicted molar refractivity (Wildman–Crippen MR) is 98.6 cm³/mol. The molecule has 0 atom stereocenters. The second-order valence-corrected chi connectivity index (χ2v) is 9.01. The van der Waals surface area contributed by atoms with Crippen LogP contribution in [-0.2, 0) is 21.4 Å². The number of hydrogen-bond acceptors (Lipinski definition) is 4. The lowest BCUT2D eigenvalue weighted by atomic mass is 9.78. The topological polar surface area (TPSA) is 75.4 Å². The maximum atomic E-state index is 11.2. The van der Waals surface area contributed by atoms with E-state index in [0.29, 0.717) is 12.2 Å². The maximum absolute atomic E-state index is 11.2. The summed E-state index contributed by atoms with van der Waals surface area (Å²) in [5.74, 6) is 6.87. The maximum Gasteiger partial charge on any atom is 0.234 e. The van der Waals surface area contributed by atoms with Gasteiger partial charge in [-0.05, 0) is 27.5 Å². The van der Waals surface area contributed by atoms with Crippen molar-refractivity contribution >= 4 is 17.7 Å². The Hall–Kier alpha value is -1.20. The van der Waals surface area contributed by atoms with Crippen LogP contribution in [-0.4, -0.2) is 16.8 Å². The standard InChI is InChI=1S/C18H30N2O2S/c1-17(2,3)13-9-12(11-23-8-7-15(21)20-19)10-14(16(13)22)18(4,5)6/h9-10,22H,7-8,11,19H2,1-6H3,(H,20,21). The second kappa shape index (κ2) is 7.58. The Bertz CT molecular complexity index is 522. The van der Waals surface area contributed by atoms with Crippen molar-refractivity contribution in [2.45, 2.75) is 64.5 Å². The minimum Gasteiger partial charge on any atom is -0.507 e. The van der Waals surface area contributed by atoms with E-state index in [0.717, 1.165) is 22.6 Å². The van der Waals surface area contributed by atoms with Gasteiger partial charge in [-0.2, -0.15) is 11.8 Å². The molecule has 5 heteroatoms. The molecule has 1 aromatic rings. The van der Waals surface area contributed by atoms with Crippen LogP contribution in [0, 0.1) is 0 Å². The van der Waals surface area contributed by atoms with Gasteiger partial charge >= 0.3 is 0 Å². The van der Waals surface area contributed by atoms with Gasteiger partial charge in [0.1, 0.15) is 5.75 Å². The number of hydrazine groups is 1. The Labute approximate surface area is 144 Å². The van der Waals surface area contributed by atoms with Crippen molar-refractivity contribution in [3.05, 3.63) is 28.8 Å². The Morgan fingerprint density at radius 1 is 1.13 bits per heavy atom. The number of rotatable bonds is 5. The van der Waals surface area contributed by atoms with E-state index in [9.17, 15) is 9.90 Å². The van der Waals surface area contributed by atoms with Crippen LogP contribution in [0.2, 0.25) is 0 Å². The van der Waals surface area contributed by atoms with Crippen molar-refractivity contribution in [2.24, 2.45) is 5.84 Å². The third-order valence-electron chi connectivity index (χ3n) is 3.69. The van der Waals surface area contributed by atoms with E-state index in [4.69, 9.17) is 5.84 Å². The molecule has 1 rings (SSSR count). The van der Waals surface area contributed by atoms with Crippen LogP contribution in [0.15, 0.2) is 12.1 Å². The van der Waals surface area contributed by atoms with Crippen molar-refractivity contribution in [2.75, 3.05) is 5.75 Å². The van der Waals surface area contributed by atoms with Crippen molar-refractivity contribution in [3.8, 4) is 5.75 Å². The average Bonchev–Trinajstić information content (AvgIpc) is 2.41. The lowest BCUT2D eigenvalue weighted by molar-refractivity contribution is -0.120. The number of amides is 1. The molecule has 0 saturated heterocycles. The number of thioether (sulfide) groups is 1. The molecule has 0 fully saturated rings. The quantitative estimate of drug-likeness (QED) is 0.332. The third-order valence-corrected chi connectivity index (χ3v) is 4.72. The van der Waals surface area contributed by atoms with Gasteiger partial charge in [-0.1, -0.05) is 53.7 Å². The molecule has 0 heterocycles. The lowest BCUT2D eigenvalue weighted by Crippen LogP contribution is -2.30. The van der Waals surface area contributed by atoms with E-state index in [1.807, 2.05) is 0 Å². The van der Waals surface area contributed by atoms with Gasteiger partial charge in [0.25, 0.3) is 0 Å². The number of benzene rings is 1. The summed E-state index contributed by atoms with van der Waals surface area (Å²) in [7, 11) is 0. The number of carbonyl (C=O) groups is 1. The molecule has 0 bridgehead atoms. The zero-order valence-electron chi connectivity index (χ0n) is 15.1. The fourth-order valence-electron chi connectivity index (χ4n) is 2.35. The summed E-state index contributed by atoms with van der Waals surface area (Å²) in [6, 6.07) is 4.17. The largest absolute Gasteiger partial charge is 0.507 e. The molecule has 0 spiro atoms. The molecule has 0 aliphatic heterocycles. The van der Waals surface area contributed by atoms with Gasteiger partial charge < -0.3 is 5.11 Å². The van der Waals surface area contributed by atoms with Gasteiger partial charge in [-0.25, -0.2) is 5.84 Å². The first-order valence-corrected chi connectivity index (χ1v) is 9.06. The van der Waals surface area contributed by atoms with Crippen LogP contribution in [0.25, 0.3) is 0 Å². The van der Waals surface area contributed by atoms with E-state index in [1.165, 1.54) is 5.56 Å². The molecule has 4 nitrogen and oxygen atoms in total. The third kappa shape index (κ3) is 5.74. The number of aromatic hydroxyl groups is 1. The Morgan fingerprint density at radius 2 is 1.61 bits per heavy atom. The predicted octanol–water partition coefficient (Wildman–Crippen LogP) is 3.60. The number of phenolic OH excluding ortho intramolecular Hbond substituents is 1. The number of carbonyl (C=O) groups excluding carboxylic acids is 1. The highest BCUT2D eigenvalue weighted by Crippen LogP contribution is 2.40. The summed E-state index contributed by atoms with van der Waals surface area (Å²) >= 11 is 1.70. The first kappa shape index (κ1) is 19.8. The molecule has 0 saturated carbocycles. The number of hydrogen-bond donors (Lipinski definition) is 3. The number of nitrogens with one attached hydrogen (secondary N) is 1. The molecule has 0 aromatic heterocycles. The molecular weight excluding hydrogens is 308 g/mol. The summed E-state index contributed by atoms with van der Waals surface area (Å²) in [4.78, 5) is 11.2. The highest BCUT2D eigenvalue weighted by atomic mass is 32.2. The van der Waals surface area contributed by atoms with Crippen molar-refractivity contribution in [3.63, 3.8) is 0 Å². The van der Waals surface area contributed by atoms with Gasteiger partial charge in [-0.15, -0.1) is 0 Å². The Balaban J connectivity index is 3.02. The van der Waals surface area contributed by atoms with Crippen LogP contribution in [0.1, 0.15) is 64.7 Å². The van der Waals surface area contributed by atoms with Gasteiger partial charge in [0, 0.05) is 17.9 Å². The highest BCUT2D eigenvalue weighted by molar-refractivity contribution is 7.98. The normalized spacial score (nSPS) is 12.3. The molecule has 4 N–H and O–H groups in total. The zero-order chi connectivity index (χ0) is 17.8. The van der Waals surface area contributed by atoms with E-state index in [2.05, 4.69) is 59.1 Å². The molecule has 1 aromatic carbocycles. The SMILES string of the molecule is CC(C)(C)c1cc(CSCCC(=O)NN)cc(C(C)(C)C)c1O. The second-order valence-electron chi connectivity index (χ2n) is 7.91. The minimum atomic E-state index is -0.144. The van der Waals surface area contributed by atoms with E-state index in [1.54, 1.807) is 11.8 Å². The number of nitrogens with two attached hydrogens (primary N) is 1. The molecule has 0 aliphatic carbocycles. The summed E-state index contributed by atoms with van der Waals surface area (Å²) in [5, 5.41) is 10.7. The fraction of sp³-hybridized carbons (Fsp3) is 0.611. The molecule has 1 amide bonds. The first-order chi connectivity index (χ1) is 10.5. The molecule has 0 unspecified atom stereocenters. The molecule has 130 valence electrons. The zero-order valence-corrected chi connectivity index (χ0v) is 15.9. The van der Waals surface area contributed by atoms with Gasteiger partial charge in [0.2, 0.25) is 5.91 Å². The van der Waals surface area contributed by atoms with Crippen LogP contribution in [0.5, 0.6) is 5.75 Å². The number of phenols is 1. The van der Waals surface area contributed by atoms with E-state index >= 15 is 0 Å². The fourth-order valence-corrected chi connectivity index (χ4v) is 3.22. The highest BCUT2D eigenvalue weighted by Gasteiger charge is 2.26. The minimum absolute atomic E-state index is 0.121. The Morgan fingerprint density at radius 3 is 2.00 bits per heavy atom. The monoisotopic (exact) mass is 338 g/mol. The lowest BCUT2D eigenvalue weighted by Gasteiger charge is -2.28. The van der Waals surface area contributed by atoms with E-state index in [-0.39, 0.29) is 16.7 Å². The summed E-state index contributed by atoms with van der Waals surface area (Å²) in [6.07, 6.45) is 0.414. The van der Waals surface area contributed by atoms with Crippen LogP contribution < -0.4 is 11.3 Å². The summed E-state index contributed by atoms with van der Waals surface area (Å²) in [6.45, 7) is 12.6. The molecular formula is C18H30N2O2S. The van der Waals surface area contributed by atoms with Crippen LogP contribution in [0.3, 0.4) is 0 Å². The summed E-state index contributed by atoms with van der Waals surface area (Å²) in [5.41, 5.74) is 5.02. The van der Waals surface area contributed by atoms with Crippen LogP contribution in [0.4, 0.5) is 0 Å². The van der Waals surface area contributed by atoms with Crippen LogP contribution >= 0.6 is 11.8 Å². The molecule has 0 aliphatic rings. The van der Waals surface area contributed by atoms with Gasteiger partial charge in [0.05, 0.1) is 0 Å². The smallest absolute Gasteiger partial charge is 0.234 e.